The summed E-state index contributed by atoms with van der Waals surface area (Å²) in [5.41, 5.74) is 3.10. The third-order valence-corrected chi connectivity index (χ3v) is 4.82. The van der Waals surface area contributed by atoms with E-state index in [-0.39, 0.29) is 0 Å². The summed E-state index contributed by atoms with van der Waals surface area (Å²) in [6.07, 6.45) is 8.09. The van der Waals surface area contributed by atoms with Gasteiger partial charge in [0, 0.05) is 6.04 Å². The number of nitrogens with two attached hydrogens (primary N) is 1. The molecule has 0 saturated heterocycles. The minimum atomic E-state index is 0.531. The summed E-state index contributed by atoms with van der Waals surface area (Å²) in [5.74, 6) is 9.10. The molecule has 2 unspecified atom stereocenters. The Labute approximate surface area is 108 Å². The second-order valence-electron chi connectivity index (χ2n) is 6.38. The fraction of sp³-hybridized carbons (Fsp3) is 1.00. The molecule has 0 heterocycles. The van der Waals surface area contributed by atoms with Gasteiger partial charge in [0.15, 0.2) is 0 Å². The lowest BCUT2D eigenvalue weighted by Gasteiger charge is -2.37. The summed E-state index contributed by atoms with van der Waals surface area (Å²) >= 11 is 0. The molecular weight excluding hydrogens is 208 g/mol. The molecule has 0 spiro atoms. The monoisotopic (exact) mass is 240 g/mol. The van der Waals surface area contributed by atoms with Gasteiger partial charge in [0.25, 0.3) is 0 Å². The standard InChI is InChI=1S/C15H32N2/c1-5-6-12(4)15(17-16)14-9-7-13(8-10-14)11(2)3/h11-15,17H,5-10,16H2,1-4H3. The van der Waals surface area contributed by atoms with Gasteiger partial charge in [-0.25, -0.2) is 0 Å². The number of hydrogen-bond donors (Lipinski definition) is 2. The number of hydrogen-bond acceptors (Lipinski definition) is 2. The van der Waals surface area contributed by atoms with Gasteiger partial charge in [0.2, 0.25) is 0 Å². The summed E-state index contributed by atoms with van der Waals surface area (Å²) in [6.45, 7) is 9.34. The van der Waals surface area contributed by atoms with Crippen molar-refractivity contribution in [3.63, 3.8) is 0 Å². The Morgan fingerprint density at radius 3 is 2.00 bits per heavy atom. The van der Waals surface area contributed by atoms with Gasteiger partial charge < -0.3 is 0 Å². The van der Waals surface area contributed by atoms with Crippen LogP contribution < -0.4 is 11.3 Å². The maximum atomic E-state index is 5.78. The number of nitrogens with one attached hydrogen (secondary N) is 1. The number of hydrazine groups is 1. The van der Waals surface area contributed by atoms with Crippen LogP contribution in [0.4, 0.5) is 0 Å². The van der Waals surface area contributed by atoms with Crippen LogP contribution in [-0.2, 0) is 0 Å². The van der Waals surface area contributed by atoms with E-state index in [0.717, 1.165) is 17.8 Å². The maximum absolute atomic E-state index is 5.78. The smallest absolute Gasteiger partial charge is 0.0264 e. The van der Waals surface area contributed by atoms with E-state index in [0.29, 0.717) is 12.0 Å². The molecule has 1 saturated carbocycles. The summed E-state index contributed by atoms with van der Waals surface area (Å²) in [7, 11) is 0. The Balaban J connectivity index is 2.44. The van der Waals surface area contributed by atoms with Gasteiger partial charge in [0.05, 0.1) is 0 Å². The molecule has 1 aliphatic carbocycles. The van der Waals surface area contributed by atoms with E-state index in [4.69, 9.17) is 5.84 Å². The third-order valence-electron chi connectivity index (χ3n) is 4.82. The first kappa shape index (κ1) is 15.0. The molecule has 1 aliphatic rings. The fourth-order valence-electron chi connectivity index (χ4n) is 3.57. The van der Waals surface area contributed by atoms with Crippen molar-refractivity contribution in [1.29, 1.82) is 0 Å². The predicted molar refractivity (Wildman–Crippen MR) is 75.5 cm³/mol. The van der Waals surface area contributed by atoms with Crippen LogP contribution in [0, 0.1) is 23.7 Å². The van der Waals surface area contributed by atoms with Crippen LogP contribution in [0.3, 0.4) is 0 Å². The van der Waals surface area contributed by atoms with Gasteiger partial charge in [-0.1, -0.05) is 34.1 Å². The highest BCUT2D eigenvalue weighted by Gasteiger charge is 2.30. The zero-order valence-electron chi connectivity index (χ0n) is 12.2. The minimum absolute atomic E-state index is 0.531. The van der Waals surface area contributed by atoms with Gasteiger partial charge >= 0.3 is 0 Å². The van der Waals surface area contributed by atoms with E-state index in [9.17, 15) is 0 Å². The highest BCUT2D eigenvalue weighted by Crippen LogP contribution is 2.36. The van der Waals surface area contributed by atoms with Crippen LogP contribution in [0.5, 0.6) is 0 Å². The first-order chi connectivity index (χ1) is 8.10. The van der Waals surface area contributed by atoms with Crippen LogP contribution in [0.1, 0.15) is 66.2 Å². The largest absolute Gasteiger partial charge is 0.271 e. The van der Waals surface area contributed by atoms with E-state index in [1.165, 1.54) is 38.5 Å². The molecular formula is C15H32N2. The van der Waals surface area contributed by atoms with Crippen molar-refractivity contribution in [3.8, 4) is 0 Å². The van der Waals surface area contributed by atoms with Crippen molar-refractivity contribution >= 4 is 0 Å². The van der Waals surface area contributed by atoms with Gasteiger partial charge in [-0.2, -0.15) is 0 Å². The molecule has 17 heavy (non-hydrogen) atoms. The van der Waals surface area contributed by atoms with Gasteiger partial charge in [0.1, 0.15) is 0 Å². The Morgan fingerprint density at radius 2 is 1.59 bits per heavy atom. The van der Waals surface area contributed by atoms with Crippen LogP contribution in [0.25, 0.3) is 0 Å². The molecule has 1 rings (SSSR count). The lowest BCUT2D eigenvalue weighted by Crippen LogP contribution is -2.46. The Kier molecular flexibility index (Phi) is 6.50. The molecule has 0 aromatic carbocycles. The Morgan fingerprint density at radius 1 is 1.06 bits per heavy atom. The second kappa shape index (κ2) is 7.38. The van der Waals surface area contributed by atoms with E-state index in [2.05, 4.69) is 33.1 Å². The lowest BCUT2D eigenvalue weighted by molar-refractivity contribution is 0.158. The quantitative estimate of drug-likeness (QED) is 0.548. The van der Waals surface area contributed by atoms with E-state index >= 15 is 0 Å². The van der Waals surface area contributed by atoms with E-state index < -0.39 is 0 Å². The first-order valence-corrected chi connectivity index (χ1v) is 7.56. The molecule has 0 aromatic rings. The van der Waals surface area contributed by atoms with E-state index in [1.54, 1.807) is 0 Å². The Hall–Kier alpha value is -0.0800. The van der Waals surface area contributed by atoms with Crippen molar-refractivity contribution < 1.29 is 0 Å². The predicted octanol–water partition coefficient (Wildman–Crippen LogP) is 3.72. The third kappa shape index (κ3) is 4.26. The van der Waals surface area contributed by atoms with Crippen LogP contribution >= 0.6 is 0 Å². The summed E-state index contributed by atoms with van der Waals surface area (Å²) < 4.78 is 0. The van der Waals surface area contributed by atoms with Gasteiger partial charge in [-0.15, -0.1) is 0 Å². The van der Waals surface area contributed by atoms with Crippen LogP contribution in [0.15, 0.2) is 0 Å². The van der Waals surface area contributed by atoms with Crippen LogP contribution in [-0.4, -0.2) is 6.04 Å². The van der Waals surface area contributed by atoms with E-state index in [1.807, 2.05) is 0 Å². The van der Waals surface area contributed by atoms with Crippen molar-refractivity contribution in [2.24, 2.45) is 29.5 Å². The molecule has 0 aromatic heterocycles. The topological polar surface area (TPSA) is 38.0 Å². The second-order valence-corrected chi connectivity index (χ2v) is 6.38. The molecule has 0 amide bonds. The summed E-state index contributed by atoms with van der Waals surface area (Å²) in [6, 6.07) is 0.531. The molecule has 1 fully saturated rings. The Bertz CT molecular complexity index is 195. The maximum Gasteiger partial charge on any atom is 0.0264 e. The fourth-order valence-corrected chi connectivity index (χ4v) is 3.57. The highest BCUT2D eigenvalue weighted by atomic mass is 15.2. The van der Waals surface area contributed by atoms with Crippen LogP contribution in [0.2, 0.25) is 0 Å². The molecule has 0 aliphatic heterocycles. The highest BCUT2D eigenvalue weighted by molar-refractivity contribution is 4.84. The average molecular weight is 240 g/mol. The molecule has 102 valence electrons. The SMILES string of the molecule is CCCC(C)C(NN)C1CCC(C(C)C)CC1. The molecule has 2 atom stereocenters. The minimum Gasteiger partial charge on any atom is -0.271 e. The summed E-state index contributed by atoms with van der Waals surface area (Å²) in [4.78, 5) is 0. The molecule has 2 heteroatoms. The molecule has 0 radical (unpaired) electrons. The van der Waals surface area contributed by atoms with Crippen molar-refractivity contribution in [2.75, 3.05) is 0 Å². The normalized spacial score (nSPS) is 29.3. The van der Waals surface area contributed by atoms with Crippen molar-refractivity contribution in [3.05, 3.63) is 0 Å². The zero-order chi connectivity index (χ0) is 12.8. The van der Waals surface area contributed by atoms with Gasteiger partial charge in [-0.3, -0.25) is 11.3 Å². The van der Waals surface area contributed by atoms with Gasteiger partial charge in [-0.05, 0) is 55.8 Å². The number of rotatable bonds is 6. The zero-order valence-corrected chi connectivity index (χ0v) is 12.2. The lowest BCUT2D eigenvalue weighted by atomic mass is 9.72. The van der Waals surface area contributed by atoms with Crippen molar-refractivity contribution in [2.45, 2.75) is 72.3 Å². The van der Waals surface area contributed by atoms with Crippen molar-refractivity contribution in [1.82, 2.24) is 5.43 Å². The molecule has 0 bridgehead atoms. The molecule has 2 nitrogen and oxygen atoms in total. The summed E-state index contributed by atoms with van der Waals surface area (Å²) in [5, 5.41) is 0. The first-order valence-electron chi connectivity index (χ1n) is 7.56. The molecule has 3 N–H and O–H groups in total. The average Bonchev–Trinajstić information content (AvgIpc) is 2.31.